The zero-order valence-electron chi connectivity index (χ0n) is 3.72. The van der Waals surface area contributed by atoms with Crippen LogP contribution >= 0.6 is 22.9 Å². The maximum Gasteiger partial charge on any atom is 0.163 e. The molecule has 0 aliphatic carbocycles. The molecule has 0 N–H and O–H groups in total. The summed E-state index contributed by atoms with van der Waals surface area (Å²) in [6.45, 7) is 0. The first-order valence-electron chi connectivity index (χ1n) is 1.82. The van der Waals surface area contributed by atoms with E-state index in [1.165, 1.54) is 0 Å². The smallest absolute Gasteiger partial charge is 0.163 e. The van der Waals surface area contributed by atoms with Gasteiger partial charge in [0.25, 0.3) is 0 Å². The molecule has 2 nitrogen and oxygen atoms in total. The summed E-state index contributed by atoms with van der Waals surface area (Å²) < 4.78 is 0. The number of thiazole rings is 1. The predicted molar refractivity (Wildman–Crippen MR) is 31.3 cm³/mol. The summed E-state index contributed by atoms with van der Waals surface area (Å²) in [5.74, 6) is 0. The number of aldehydes is 1. The minimum atomic E-state index is 0.241. The Morgan fingerprint density at radius 1 is 1.88 bits per heavy atom. The molecule has 0 saturated carbocycles. The van der Waals surface area contributed by atoms with E-state index < -0.39 is 0 Å². The van der Waals surface area contributed by atoms with Gasteiger partial charge in [0.2, 0.25) is 0 Å². The van der Waals surface area contributed by atoms with Gasteiger partial charge >= 0.3 is 0 Å². The van der Waals surface area contributed by atoms with Crippen molar-refractivity contribution >= 4 is 29.2 Å². The number of carbonyl (C=O) groups is 1. The van der Waals surface area contributed by atoms with Crippen LogP contribution in [0.1, 0.15) is 9.67 Å². The van der Waals surface area contributed by atoms with Gasteiger partial charge in [-0.15, -0.1) is 11.3 Å². The predicted octanol–water partition coefficient (Wildman–Crippen LogP) is 1.41. The number of rotatable bonds is 1. The van der Waals surface area contributed by atoms with E-state index in [0.29, 0.717) is 11.2 Å². The molecule has 0 aliphatic rings. The van der Waals surface area contributed by atoms with E-state index in [2.05, 4.69) is 10.5 Å². The van der Waals surface area contributed by atoms with Gasteiger partial charge in [-0.05, 0) is 0 Å². The molecule has 8 heavy (non-hydrogen) atoms. The van der Waals surface area contributed by atoms with E-state index in [1.54, 1.807) is 0 Å². The van der Waals surface area contributed by atoms with Crippen molar-refractivity contribution < 1.29 is 4.79 Å². The zero-order valence-corrected chi connectivity index (χ0v) is 5.29. The molecule has 0 atom stereocenters. The summed E-state index contributed by atoms with van der Waals surface area (Å²) in [5, 5.41) is 0.241. The standard InChI is InChI=1S/C4HClNOS/c5-4-3(1-7)8-2-6-4/h1H. The fourth-order valence-electron chi connectivity index (χ4n) is 0.282. The van der Waals surface area contributed by atoms with Crippen molar-refractivity contribution in [3.05, 3.63) is 15.5 Å². The van der Waals surface area contributed by atoms with Crippen molar-refractivity contribution in [2.45, 2.75) is 0 Å². The van der Waals surface area contributed by atoms with Gasteiger partial charge < -0.3 is 0 Å². The molecule has 41 valence electrons. The van der Waals surface area contributed by atoms with Crippen molar-refractivity contribution in [1.29, 1.82) is 0 Å². The van der Waals surface area contributed by atoms with Gasteiger partial charge in [0, 0.05) is 0 Å². The van der Waals surface area contributed by atoms with Gasteiger partial charge in [-0.1, -0.05) is 11.6 Å². The van der Waals surface area contributed by atoms with Gasteiger partial charge in [0.1, 0.15) is 4.88 Å². The quantitative estimate of drug-likeness (QED) is 0.561. The van der Waals surface area contributed by atoms with Crippen molar-refractivity contribution in [2.75, 3.05) is 0 Å². The molecule has 1 heterocycles. The van der Waals surface area contributed by atoms with Crippen LogP contribution in [0.3, 0.4) is 0 Å². The minimum Gasteiger partial charge on any atom is -0.297 e. The molecule has 1 radical (unpaired) electrons. The van der Waals surface area contributed by atoms with Crippen LogP contribution < -0.4 is 0 Å². The average molecular weight is 147 g/mol. The topological polar surface area (TPSA) is 30.0 Å². The Balaban J connectivity index is 3.09. The second-order valence-corrected chi connectivity index (χ2v) is 2.26. The van der Waals surface area contributed by atoms with Crippen LogP contribution in [-0.2, 0) is 0 Å². The Kier molecular flexibility index (Phi) is 1.60. The fraction of sp³-hybridized carbons (Fsp3) is 0. The number of hydrogen-bond donors (Lipinski definition) is 0. The summed E-state index contributed by atoms with van der Waals surface area (Å²) in [6, 6.07) is 0. The van der Waals surface area contributed by atoms with Crippen molar-refractivity contribution in [1.82, 2.24) is 4.98 Å². The Hall–Kier alpha value is -0.410. The third-order valence-corrected chi connectivity index (χ3v) is 1.70. The lowest BCUT2D eigenvalue weighted by atomic mass is 10.6. The lowest BCUT2D eigenvalue weighted by Crippen LogP contribution is -1.69. The molecule has 1 rings (SSSR count). The van der Waals surface area contributed by atoms with Gasteiger partial charge in [-0.2, -0.15) is 0 Å². The van der Waals surface area contributed by atoms with Crippen LogP contribution in [0.4, 0.5) is 0 Å². The van der Waals surface area contributed by atoms with Crippen LogP contribution in [-0.4, -0.2) is 11.3 Å². The minimum absolute atomic E-state index is 0.241. The Morgan fingerprint density at radius 2 is 2.62 bits per heavy atom. The van der Waals surface area contributed by atoms with E-state index >= 15 is 0 Å². The molecule has 0 unspecified atom stereocenters. The maximum atomic E-state index is 9.95. The SMILES string of the molecule is O=Cc1s[c]nc1Cl. The number of carbonyl (C=O) groups excluding carboxylic acids is 1. The van der Waals surface area contributed by atoms with Crippen LogP contribution in [0.5, 0.6) is 0 Å². The summed E-state index contributed by atoms with van der Waals surface area (Å²) in [7, 11) is 0. The van der Waals surface area contributed by atoms with Gasteiger partial charge in [0.05, 0.1) is 0 Å². The Labute approximate surface area is 55.1 Å². The molecule has 0 spiro atoms. The molecule has 0 bridgehead atoms. The monoisotopic (exact) mass is 146 g/mol. The largest absolute Gasteiger partial charge is 0.297 e. The van der Waals surface area contributed by atoms with E-state index in [9.17, 15) is 4.79 Å². The Morgan fingerprint density at radius 3 is 2.88 bits per heavy atom. The van der Waals surface area contributed by atoms with Crippen molar-refractivity contribution in [3.8, 4) is 0 Å². The second-order valence-electron chi connectivity index (χ2n) is 1.08. The molecule has 0 amide bonds. The highest BCUT2D eigenvalue weighted by atomic mass is 35.5. The van der Waals surface area contributed by atoms with E-state index in [4.69, 9.17) is 11.6 Å². The third-order valence-electron chi connectivity index (χ3n) is 0.610. The molecule has 1 aromatic heterocycles. The first kappa shape index (κ1) is 5.72. The van der Waals surface area contributed by atoms with Crippen LogP contribution in [0, 0.1) is 5.51 Å². The molecule has 0 fully saturated rings. The third kappa shape index (κ3) is 0.877. The summed E-state index contributed by atoms with van der Waals surface area (Å²) in [6.07, 6.45) is 0.663. The molecule has 0 aromatic carbocycles. The molecule has 1 aromatic rings. The van der Waals surface area contributed by atoms with Gasteiger partial charge in [-0.25, -0.2) is 4.98 Å². The Bertz CT molecular complexity index is 198. The molecular formula is C4HClNOS. The number of aromatic nitrogens is 1. The number of halogens is 1. The number of hydrogen-bond acceptors (Lipinski definition) is 3. The lowest BCUT2D eigenvalue weighted by Gasteiger charge is -1.73. The highest BCUT2D eigenvalue weighted by Gasteiger charge is 1.98. The molecule has 0 saturated heterocycles. The second kappa shape index (κ2) is 2.24. The molecule has 0 aliphatic heterocycles. The van der Waals surface area contributed by atoms with Crippen LogP contribution in [0.2, 0.25) is 5.15 Å². The summed E-state index contributed by atoms with van der Waals surface area (Å²) in [5.41, 5.74) is 2.48. The lowest BCUT2D eigenvalue weighted by molar-refractivity contribution is 0.112. The summed E-state index contributed by atoms with van der Waals surface area (Å²) in [4.78, 5) is 13.9. The van der Waals surface area contributed by atoms with Gasteiger partial charge in [0.15, 0.2) is 16.9 Å². The molecule has 4 heteroatoms. The first-order chi connectivity index (χ1) is 3.84. The van der Waals surface area contributed by atoms with Crippen molar-refractivity contribution in [2.24, 2.45) is 0 Å². The molecular weight excluding hydrogens is 146 g/mol. The highest BCUT2D eigenvalue weighted by molar-refractivity contribution is 7.11. The van der Waals surface area contributed by atoms with Gasteiger partial charge in [-0.3, -0.25) is 4.79 Å². The fourth-order valence-corrected chi connectivity index (χ4v) is 0.948. The highest BCUT2D eigenvalue weighted by Crippen LogP contribution is 2.14. The van der Waals surface area contributed by atoms with E-state index in [-0.39, 0.29) is 5.15 Å². The number of nitrogens with zero attached hydrogens (tertiary/aromatic N) is 1. The van der Waals surface area contributed by atoms with Crippen LogP contribution in [0.15, 0.2) is 0 Å². The zero-order chi connectivity index (χ0) is 5.98. The normalized spacial score (nSPS) is 9.12. The summed E-state index contributed by atoms with van der Waals surface area (Å²) >= 11 is 6.49. The average Bonchev–Trinajstić information content (AvgIpc) is 2.14. The maximum absolute atomic E-state index is 9.95. The van der Waals surface area contributed by atoms with Crippen LogP contribution in [0.25, 0.3) is 0 Å². The van der Waals surface area contributed by atoms with E-state index in [0.717, 1.165) is 11.3 Å². The van der Waals surface area contributed by atoms with Crippen molar-refractivity contribution in [3.63, 3.8) is 0 Å². The van der Waals surface area contributed by atoms with E-state index in [1.807, 2.05) is 0 Å². The first-order valence-corrected chi connectivity index (χ1v) is 3.01.